The van der Waals surface area contributed by atoms with Gasteiger partial charge in [-0.05, 0) is 77.0 Å². The number of allylic oxidation sites excluding steroid dienone is 5. The maximum Gasteiger partial charge on any atom is 0.327 e. The average molecular weight is 563 g/mol. The molecule has 0 fully saturated rings. The van der Waals surface area contributed by atoms with Gasteiger partial charge in [0.1, 0.15) is 0 Å². The number of carboxylic acid groups (broad SMARTS) is 1. The normalized spacial score (nSPS) is 18.8. The van der Waals surface area contributed by atoms with E-state index in [9.17, 15) is 25.2 Å². The lowest BCUT2D eigenvalue weighted by Crippen LogP contribution is -2.19. The van der Waals surface area contributed by atoms with Crippen molar-refractivity contribution < 1.29 is 30.3 Å². The van der Waals surface area contributed by atoms with Crippen molar-refractivity contribution in [1.29, 1.82) is 0 Å². The van der Waals surface area contributed by atoms with Crippen LogP contribution in [0.3, 0.4) is 0 Å². The van der Waals surface area contributed by atoms with E-state index in [2.05, 4.69) is 32.1 Å². The molecule has 7 atom stereocenters. The molecule has 0 radical (unpaired) electrons. The van der Waals surface area contributed by atoms with Crippen LogP contribution < -0.4 is 0 Å². The SMILES string of the molecule is CCCC(C/C=C/C(C)=C/CC(O)CC)CCC(O)CCC(C)C(O)C/C=C(C)/C=C/C(O)C(C)/C=C/C(=O)O. The smallest absolute Gasteiger partial charge is 0.327 e. The summed E-state index contributed by atoms with van der Waals surface area (Å²) in [5.41, 5.74) is 2.09. The minimum absolute atomic E-state index is 0.0600. The molecule has 0 aliphatic heterocycles. The van der Waals surface area contributed by atoms with E-state index in [-0.39, 0.29) is 24.0 Å². The van der Waals surface area contributed by atoms with E-state index in [1.807, 2.05) is 26.8 Å². The summed E-state index contributed by atoms with van der Waals surface area (Å²) in [4.78, 5) is 10.6. The van der Waals surface area contributed by atoms with Crippen molar-refractivity contribution in [2.75, 3.05) is 0 Å². The van der Waals surface area contributed by atoms with Crippen molar-refractivity contribution in [2.45, 2.75) is 130 Å². The number of aliphatic carboxylic acids is 1. The highest BCUT2D eigenvalue weighted by Gasteiger charge is 2.16. The summed E-state index contributed by atoms with van der Waals surface area (Å²) in [5, 5.41) is 49.7. The summed E-state index contributed by atoms with van der Waals surface area (Å²) in [7, 11) is 0. The van der Waals surface area contributed by atoms with Crippen LogP contribution in [0.4, 0.5) is 0 Å². The summed E-state index contributed by atoms with van der Waals surface area (Å²) >= 11 is 0. The fourth-order valence-corrected chi connectivity index (χ4v) is 4.39. The highest BCUT2D eigenvalue weighted by molar-refractivity contribution is 5.79. The first-order valence-corrected chi connectivity index (χ1v) is 15.2. The summed E-state index contributed by atoms with van der Waals surface area (Å²) in [6, 6.07) is 0. The Kier molecular flexibility index (Phi) is 21.5. The van der Waals surface area contributed by atoms with Gasteiger partial charge < -0.3 is 25.5 Å². The van der Waals surface area contributed by atoms with Gasteiger partial charge in [-0.25, -0.2) is 4.79 Å². The third-order valence-corrected chi connectivity index (χ3v) is 7.57. The zero-order chi connectivity index (χ0) is 30.5. The second-order valence-electron chi connectivity index (χ2n) is 11.5. The molecule has 0 aromatic carbocycles. The standard InChI is InChI=1S/C34H58O6/c1-7-10-29(12-9-11-25(3)13-19-30(35)8-2)18-21-31(36)20-16-27(5)32(37)22-14-26(4)15-23-33(38)28(6)17-24-34(39)40/h9,11,13-15,17,23-24,27-33,35-38H,7-8,10,12,16,18-22H2,1-6H3,(H,39,40)/b11-9+,23-15+,24-17+,25-13+,26-14+. The van der Waals surface area contributed by atoms with Crippen molar-refractivity contribution in [3.05, 3.63) is 59.8 Å². The molecule has 0 aromatic rings. The van der Waals surface area contributed by atoms with Gasteiger partial charge in [-0.3, -0.25) is 0 Å². The van der Waals surface area contributed by atoms with Gasteiger partial charge in [-0.1, -0.05) is 94.2 Å². The summed E-state index contributed by atoms with van der Waals surface area (Å²) in [6.07, 6.45) is 20.7. The van der Waals surface area contributed by atoms with E-state index in [1.165, 1.54) is 11.6 Å². The lowest BCUT2D eigenvalue weighted by Gasteiger charge is -2.21. The molecular formula is C34H58O6. The average Bonchev–Trinajstić information content (AvgIpc) is 2.93. The van der Waals surface area contributed by atoms with Crippen molar-refractivity contribution in [3.8, 4) is 0 Å². The van der Waals surface area contributed by atoms with Crippen LogP contribution in [-0.2, 0) is 4.79 Å². The Morgan fingerprint density at radius 1 is 0.725 bits per heavy atom. The zero-order valence-electron chi connectivity index (χ0n) is 25.9. The van der Waals surface area contributed by atoms with E-state index in [0.29, 0.717) is 25.2 Å². The minimum Gasteiger partial charge on any atom is -0.478 e. The molecule has 0 rings (SSSR count). The Balaban J connectivity index is 4.54. The minimum atomic E-state index is -1.04. The van der Waals surface area contributed by atoms with Gasteiger partial charge in [-0.2, -0.15) is 0 Å². The van der Waals surface area contributed by atoms with Gasteiger partial charge in [0.05, 0.1) is 24.4 Å². The quantitative estimate of drug-likeness (QED) is 0.0723. The Morgan fingerprint density at radius 2 is 1.35 bits per heavy atom. The lowest BCUT2D eigenvalue weighted by atomic mass is 9.90. The van der Waals surface area contributed by atoms with Gasteiger partial charge in [0, 0.05) is 12.0 Å². The second kappa shape index (κ2) is 22.7. The first kappa shape index (κ1) is 38.0. The van der Waals surface area contributed by atoms with Gasteiger partial charge in [0.15, 0.2) is 0 Å². The molecule has 0 amide bonds. The number of carbonyl (C=O) groups is 1. The molecular weight excluding hydrogens is 504 g/mol. The first-order chi connectivity index (χ1) is 18.9. The van der Waals surface area contributed by atoms with Crippen LogP contribution in [0.15, 0.2) is 59.8 Å². The predicted molar refractivity (Wildman–Crippen MR) is 166 cm³/mol. The molecule has 5 N–H and O–H groups in total. The van der Waals surface area contributed by atoms with Crippen molar-refractivity contribution in [1.82, 2.24) is 0 Å². The van der Waals surface area contributed by atoms with Gasteiger partial charge >= 0.3 is 5.97 Å². The fraction of sp³-hybridized carbons (Fsp3) is 0.676. The number of rotatable bonds is 22. The third kappa shape index (κ3) is 20.0. The van der Waals surface area contributed by atoms with Crippen molar-refractivity contribution >= 4 is 5.97 Å². The molecule has 0 saturated heterocycles. The number of aliphatic hydroxyl groups is 4. The molecule has 6 heteroatoms. The highest BCUT2D eigenvalue weighted by Crippen LogP contribution is 2.23. The highest BCUT2D eigenvalue weighted by atomic mass is 16.4. The largest absolute Gasteiger partial charge is 0.478 e. The van der Waals surface area contributed by atoms with E-state index in [4.69, 9.17) is 5.11 Å². The van der Waals surface area contributed by atoms with Crippen LogP contribution in [0, 0.1) is 17.8 Å². The summed E-state index contributed by atoms with van der Waals surface area (Å²) < 4.78 is 0. The lowest BCUT2D eigenvalue weighted by molar-refractivity contribution is -0.131. The van der Waals surface area contributed by atoms with Gasteiger partial charge in [-0.15, -0.1) is 0 Å². The molecule has 7 unspecified atom stereocenters. The first-order valence-electron chi connectivity index (χ1n) is 15.2. The molecule has 0 aliphatic rings. The van der Waals surface area contributed by atoms with Crippen LogP contribution >= 0.6 is 0 Å². The molecule has 0 heterocycles. The number of hydrogen-bond donors (Lipinski definition) is 5. The van der Waals surface area contributed by atoms with Crippen LogP contribution in [0.5, 0.6) is 0 Å². The number of hydrogen-bond acceptors (Lipinski definition) is 5. The zero-order valence-corrected chi connectivity index (χ0v) is 25.9. The van der Waals surface area contributed by atoms with Crippen molar-refractivity contribution in [2.24, 2.45) is 17.8 Å². The van der Waals surface area contributed by atoms with Crippen LogP contribution in [-0.4, -0.2) is 55.9 Å². The van der Waals surface area contributed by atoms with Crippen LogP contribution in [0.1, 0.15) is 106 Å². The molecule has 230 valence electrons. The molecule has 0 spiro atoms. The van der Waals surface area contributed by atoms with Crippen LogP contribution in [0.2, 0.25) is 0 Å². The Labute approximate surface area is 243 Å². The van der Waals surface area contributed by atoms with Gasteiger partial charge in [0.2, 0.25) is 0 Å². The molecule has 40 heavy (non-hydrogen) atoms. The summed E-state index contributed by atoms with van der Waals surface area (Å²) in [5.74, 6) is -0.750. The second-order valence-corrected chi connectivity index (χ2v) is 11.5. The predicted octanol–water partition coefficient (Wildman–Crippen LogP) is 6.91. The van der Waals surface area contributed by atoms with E-state index < -0.39 is 18.2 Å². The van der Waals surface area contributed by atoms with E-state index in [1.54, 1.807) is 19.1 Å². The summed E-state index contributed by atoms with van der Waals surface area (Å²) in [6.45, 7) is 11.9. The maximum absolute atomic E-state index is 10.6. The maximum atomic E-state index is 10.6. The van der Waals surface area contributed by atoms with Gasteiger partial charge in [0.25, 0.3) is 0 Å². The third-order valence-electron chi connectivity index (χ3n) is 7.57. The van der Waals surface area contributed by atoms with E-state index in [0.717, 1.165) is 56.6 Å². The van der Waals surface area contributed by atoms with E-state index >= 15 is 0 Å². The number of aliphatic hydroxyl groups excluding tert-OH is 4. The Morgan fingerprint density at radius 3 is 1.98 bits per heavy atom. The molecule has 0 bridgehead atoms. The fourth-order valence-electron chi connectivity index (χ4n) is 4.39. The van der Waals surface area contributed by atoms with Crippen LogP contribution in [0.25, 0.3) is 0 Å². The Bertz CT molecular complexity index is 824. The molecule has 0 aliphatic carbocycles. The Hall–Kier alpha value is -1.99. The molecule has 6 nitrogen and oxygen atoms in total. The molecule has 0 saturated carbocycles. The van der Waals surface area contributed by atoms with Crippen molar-refractivity contribution in [3.63, 3.8) is 0 Å². The molecule has 0 aromatic heterocycles. The topological polar surface area (TPSA) is 118 Å². The monoisotopic (exact) mass is 562 g/mol. The number of carboxylic acids is 1.